The number of methoxy groups -OCH3 is 1. The fraction of sp³-hybridized carbons (Fsp3) is 0.519. The molecule has 1 unspecified atom stereocenters. The molecule has 0 saturated heterocycles. The van der Waals surface area contributed by atoms with Crippen molar-refractivity contribution in [2.45, 2.75) is 86.4 Å². The van der Waals surface area contributed by atoms with Crippen molar-refractivity contribution < 1.29 is 14.6 Å². The molecule has 3 nitrogen and oxygen atoms in total. The number of hydrogen-bond donors (Lipinski definition) is 1. The average molecular weight is 419 g/mol. The number of rotatable bonds is 10. The maximum absolute atomic E-state index is 10.7. The van der Waals surface area contributed by atoms with Gasteiger partial charge in [-0.15, -0.1) is 0 Å². The molecular weight excluding hydrogens is 372 g/mol. The molecule has 1 aromatic carbocycles. The van der Waals surface area contributed by atoms with Crippen LogP contribution in [0.1, 0.15) is 85.6 Å². The Morgan fingerprint density at radius 1 is 1.07 bits per heavy atom. The minimum atomic E-state index is -0.546. The number of ketones is 1. The molecule has 30 heavy (non-hydrogen) atoms. The molecule has 1 atom stereocenters. The van der Waals surface area contributed by atoms with Gasteiger partial charge in [0.1, 0.15) is 0 Å². The van der Waals surface area contributed by atoms with E-state index < -0.39 is 6.29 Å². The van der Waals surface area contributed by atoms with E-state index >= 15 is 0 Å². The van der Waals surface area contributed by atoms with Crippen molar-refractivity contribution in [3.8, 4) is 0 Å². The molecule has 0 aliphatic heterocycles. The number of unbranched alkanes of at least 4 members (excludes halogenated alkanes) is 3. The van der Waals surface area contributed by atoms with Crippen molar-refractivity contribution in [2.24, 2.45) is 0 Å². The Bertz CT molecular complexity index is 542. The van der Waals surface area contributed by atoms with Gasteiger partial charge in [-0.05, 0) is 37.0 Å². The number of allylic oxidation sites excluding steroid dienone is 5. The summed E-state index contributed by atoms with van der Waals surface area (Å²) in [5.74, 6) is 0.0442. The van der Waals surface area contributed by atoms with Gasteiger partial charge < -0.3 is 9.84 Å². The molecule has 1 rings (SSSR count). The van der Waals surface area contributed by atoms with E-state index in [2.05, 4.69) is 32.1 Å². The van der Waals surface area contributed by atoms with E-state index in [9.17, 15) is 4.79 Å². The Morgan fingerprint density at radius 2 is 1.60 bits per heavy atom. The summed E-state index contributed by atoms with van der Waals surface area (Å²) in [6, 6.07) is 9.93. The van der Waals surface area contributed by atoms with Crippen molar-refractivity contribution in [2.75, 3.05) is 7.11 Å². The van der Waals surface area contributed by atoms with Crippen molar-refractivity contribution in [3.63, 3.8) is 0 Å². The molecule has 0 bridgehead atoms. The molecular formula is C27H46O3. The minimum absolute atomic E-state index is 0.0442. The van der Waals surface area contributed by atoms with Gasteiger partial charge in [-0.3, -0.25) is 4.79 Å². The molecule has 0 fully saturated rings. The summed E-state index contributed by atoms with van der Waals surface area (Å²) in [5.41, 5.74) is 2.11. The summed E-state index contributed by atoms with van der Waals surface area (Å²) in [4.78, 5) is 10.7. The lowest BCUT2D eigenvalue weighted by molar-refractivity contribution is -0.112. The zero-order chi connectivity index (χ0) is 23.6. The summed E-state index contributed by atoms with van der Waals surface area (Å²) < 4.78 is 4.61. The van der Waals surface area contributed by atoms with Crippen LogP contribution in [0.15, 0.2) is 61.2 Å². The van der Waals surface area contributed by atoms with E-state index in [1.54, 1.807) is 12.2 Å². The van der Waals surface area contributed by atoms with Crippen LogP contribution in [-0.4, -0.2) is 24.3 Å². The summed E-state index contributed by atoms with van der Waals surface area (Å²) >= 11 is 0. The molecule has 0 saturated carbocycles. The van der Waals surface area contributed by atoms with Crippen LogP contribution in [0.2, 0.25) is 0 Å². The van der Waals surface area contributed by atoms with E-state index in [1.807, 2.05) is 50.3 Å². The molecule has 0 aliphatic carbocycles. The third kappa shape index (κ3) is 24.1. The van der Waals surface area contributed by atoms with Gasteiger partial charge in [0, 0.05) is 7.11 Å². The Morgan fingerprint density at radius 3 is 1.97 bits per heavy atom. The molecule has 0 spiro atoms. The summed E-state index contributed by atoms with van der Waals surface area (Å²) in [6.45, 7) is 15.8. The van der Waals surface area contributed by atoms with Gasteiger partial charge in [-0.25, -0.2) is 0 Å². The van der Waals surface area contributed by atoms with Crippen LogP contribution in [0.25, 0.3) is 5.57 Å². The summed E-state index contributed by atoms with van der Waals surface area (Å²) in [7, 11) is 1.51. The van der Waals surface area contributed by atoms with Crippen molar-refractivity contribution in [1.82, 2.24) is 0 Å². The zero-order valence-corrected chi connectivity index (χ0v) is 20.5. The maximum Gasteiger partial charge on any atom is 0.154 e. The highest BCUT2D eigenvalue weighted by atomic mass is 16.6. The van der Waals surface area contributed by atoms with E-state index in [4.69, 9.17) is 5.11 Å². The van der Waals surface area contributed by atoms with Crippen LogP contribution in [0, 0.1) is 0 Å². The van der Waals surface area contributed by atoms with Gasteiger partial charge in [-0.1, -0.05) is 115 Å². The first-order chi connectivity index (χ1) is 14.5. The van der Waals surface area contributed by atoms with Gasteiger partial charge in [0.15, 0.2) is 12.1 Å². The number of aliphatic hydroxyl groups is 1. The normalized spacial score (nSPS) is 11.1. The zero-order valence-electron chi connectivity index (χ0n) is 20.5. The molecule has 0 aliphatic rings. The quantitative estimate of drug-likeness (QED) is 0.240. The number of carbonyl (C=O) groups is 1. The highest BCUT2D eigenvalue weighted by Gasteiger charge is 1.97. The Kier molecular flexibility index (Phi) is 29.5. The first-order valence-electron chi connectivity index (χ1n) is 11.2. The second-order valence-corrected chi connectivity index (χ2v) is 6.35. The number of ether oxygens (including phenoxy) is 1. The molecule has 0 radical (unpaired) electrons. The Balaban J connectivity index is -0.000000409. The van der Waals surface area contributed by atoms with E-state index in [0.717, 1.165) is 30.4 Å². The highest BCUT2D eigenvalue weighted by Crippen LogP contribution is 2.14. The molecule has 1 aromatic rings. The van der Waals surface area contributed by atoms with Crippen molar-refractivity contribution in [1.29, 1.82) is 0 Å². The molecule has 172 valence electrons. The first-order valence-corrected chi connectivity index (χ1v) is 11.2. The lowest BCUT2D eigenvalue weighted by Gasteiger charge is -2.04. The largest absolute Gasteiger partial charge is 0.368 e. The fourth-order valence-corrected chi connectivity index (χ4v) is 2.05. The summed E-state index contributed by atoms with van der Waals surface area (Å²) in [5, 5.41) is 8.77. The molecule has 0 aromatic heterocycles. The highest BCUT2D eigenvalue weighted by molar-refractivity contribution is 5.88. The number of aliphatic hydroxyl groups excluding tert-OH is 1. The lowest BCUT2D eigenvalue weighted by atomic mass is 10.1. The Hall–Kier alpha value is -1.97. The van der Waals surface area contributed by atoms with Crippen LogP contribution in [0.3, 0.4) is 0 Å². The van der Waals surface area contributed by atoms with Crippen LogP contribution in [0.4, 0.5) is 0 Å². The van der Waals surface area contributed by atoms with Gasteiger partial charge >= 0.3 is 0 Å². The predicted molar refractivity (Wildman–Crippen MR) is 134 cm³/mol. The smallest absolute Gasteiger partial charge is 0.154 e. The van der Waals surface area contributed by atoms with Crippen molar-refractivity contribution >= 4 is 11.4 Å². The maximum atomic E-state index is 10.7. The number of carbonyl (C=O) groups excluding carboxylic acids is 1. The van der Waals surface area contributed by atoms with Gasteiger partial charge in [0.2, 0.25) is 0 Å². The fourth-order valence-electron chi connectivity index (χ4n) is 2.05. The molecule has 0 amide bonds. The summed E-state index contributed by atoms with van der Waals surface area (Å²) in [6.07, 6.45) is 13.4. The van der Waals surface area contributed by atoms with Crippen LogP contribution in [-0.2, 0) is 9.53 Å². The lowest BCUT2D eigenvalue weighted by Crippen LogP contribution is -2.07. The number of hydrogen-bond acceptors (Lipinski definition) is 3. The molecule has 0 heterocycles. The van der Waals surface area contributed by atoms with E-state index in [1.165, 1.54) is 39.4 Å². The molecule has 3 heteroatoms. The third-order valence-electron chi connectivity index (χ3n) is 3.72. The molecule has 1 N–H and O–H groups in total. The van der Waals surface area contributed by atoms with Crippen LogP contribution in [0.5, 0.6) is 0 Å². The van der Waals surface area contributed by atoms with E-state index in [-0.39, 0.29) is 5.78 Å². The van der Waals surface area contributed by atoms with Crippen LogP contribution >= 0.6 is 0 Å². The van der Waals surface area contributed by atoms with Gasteiger partial charge in [-0.2, -0.15) is 0 Å². The minimum Gasteiger partial charge on any atom is -0.368 e. The Labute approximate surface area is 186 Å². The second kappa shape index (κ2) is 27.0. The monoisotopic (exact) mass is 418 g/mol. The first kappa shape index (κ1) is 32.7. The van der Waals surface area contributed by atoms with Crippen molar-refractivity contribution in [3.05, 3.63) is 66.8 Å². The van der Waals surface area contributed by atoms with Crippen LogP contribution < -0.4 is 0 Å². The standard InChI is InChI=1S/C14H14O.C6H14O2.C5H12.C2H6/c1-3-13(11-7-8-12(2)15)14-9-5-4-6-10-14;1-3-4-5-6(7)8-2;1-3-5-4-2;1-2/h3-11H,1H2,2H3;6-7H,3-5H2,1-2H3;3-5H2,1-2H3;1-2H3/b8-7+,13-11+;;;. The van der Waals surface area contributed by atoms with Gasteiger partial charge in [0.05, 0.1) is 0 Å². The van der Waals surface area contributed by atoms with E-state index in [0.29, 0.717) is 0 Å². The predicted octanol–water partition coefficient (Wildman–Crippen LogP) is 7.77. The number of benzene rings is 1. The average Bonchev–Trinajstić information content (AvgIpc) is 2.78. The SMILES string of the molecule is C=C/C(=C\C=C\C(C)=O)c1ccccc1.CC.CCCCC.CCCCC(O)OC. The van der Waals surface area contributed by atoms with Gasteiger partial charge in [0.25, 0.3) is 0 Å². The second-order valence-electron chi connectivity index (χ2n) is 6.35. The topological polar surface area (TPSA) is 46.5 Å². The third-order valence-corrected chi connectivity index (χ3v) is 3.72.